The van der Waals surface area contributed by atoms with Crippen LogP contribution >= 0.6 is 0 Å². The fourth-order valence-corrected chi connectivity index (χ4v) is 3.83. The Bertz CT molecular complexity index is 420. The number of rotatable bonds is 3. The third kappa shape index (κ3) is 2.92. The standard InChI is InChI=1S/C15H26N4O2/c1-9(2)19-7-11(13-12(8-19)15(21)18-17-13)14(20)16-10-5-3-4-6-10/h9-13,17H,3-8H2,1-2H3,(H,16,20)(H,18,21). The Morgan fingerprint density at radius 2 is 2.00 bits per heavy atom. The van der Waals surface area contributed by atoms with Crippen LogP contribution in [-0.2, 0) is 9.59 Å². The molecule has 2 saturated heterocycles. The summed E-state index contributed by atoms with van der Waals surface area (Å²) in [7, 11) is 0. The number of nitrogens with one attached hydrogen (secondary N) is 3. The van der Waals surface area contributed by atoms with Crippen LogP contribution in [0.2, 0.25) is 0 Å². The fourth-order valence-electron chi connectivity index (χ4n) is 3.83. The lowest BCUT2D eigenvalue weighted by molar-refractivity contribution is -0.131. The Hall–Kier alpha value is -1.14. The Morgan fingerprint density at radius 1 is 1.29 bits per heavy atom. The van der Waals surface area contributed by atoms with Gasteiger partial charge in [0.25, 0.3) is 0 Å². The predicted octanol–water partition coefficient (Wildman–Crippen LogP) is 0.00460. The second-order valence-corrected chi connectivity index (χ2v) is 6.91. The molecular formula is C15H26N4O2. The van der Waals surface area contributed by atoms with Gasteiger partial charge < -0.3 is 5.32 Å². The highest BCUT2D eigenvalue weighted by Crippen LogP contribution is 2.28. The van der Waals surface area contributed by atoms with Gasteiger partial charge in [-0.05, 0) is 26.7 Å². The first kappa shape index (κ1) is 14.8. The van der Waals surface area contributed by atoms with Gasteiger partial charge in [0.1, 0.15) is 0 Å². The molecule has 1 aliphatic carbocycles. The molecule has 1 saturated carbocycles. The van der Waals surface area contributed by atoms with Crippen molar-refractivity contribution < 1.29 is 9.59 Å². The monoisotopic (exact) mass is 294 g/mol. The van der Waals surface area contributed by atoms with Gasteiger partial charge in [0, 0.05) is 25.2 Å². The smallest absolute Gasteiger partial charge is 0.240 e. The average Bonchev–Trinajstić information content (AvgIpc) is 3.08. The van der Waals surface area contributed by atoms with Crippen molar-refractivity contribution in [2.45, 2.75) is 57.7 Å². The number of carbonyl (C=O) groups excluding carboxylic acids is 2. The highest BCUT2D eigenvalue weighted by molar-refractivity contribution is 5.86. The van der Waals surface area contributed by atoms with Crippen LogP contribution in [-0.4, -0.2) is 47.9 Å². The van der Waals surface area contributed by atoms with Gasteiger partial charge in [0.2, 0.25) is 11.8 Å². The van der Waals surface area contributed by atoms with Crippen molar-refractivity contribution in [1.29, 1.82) is 0 Å². The molecule has 0 aromatic carbocycles. The molecule has 3 atom stereocenters. The number of nitrogens with zero attached hydrogens (tertiary/aromatic N) is 1. The molecule has 3 unspecified atom stereocenters. The number of hydrazine groups is 1. The second kappa shape index (κ2) is 5.93. The number of carbonyl (C=O) groups is 2. The maximum Gasteiger partial charge on any atom is 0.240 e. The Morgan fingerprint density at radius 3 is 2.67 bits per heavy atom. The summed E-state index contributed by atoms with van der Waals surface area (Å²) in [6.07, 6.45) is 4.59. The van der Waals surface area contributed by atoms with Gasteiger partial charge in [-0.15, -0.1) is 0 Å². The van der Waals surface area contributed by atoms with E-state index in [4.69, 9.17) is 0 Å². The molecule has 0 radical (unpaired) electrons. The molecule has 21 heavy (non-hydrogen) atoms. The summed E-state index contributed by atoms with van der Waals surface area (Å²) < 4.78 is 0. The zero-order chi connectivity index (χ0) is 15.0. The van der Waals surface area contributed by atoms with Crippen LogP contribution in [0.15, 0.2) is 0 Å². The molecule has 2 heterocycles. The maximum absolute atomic E-state index is 12.7. The lowest BCUT2D eigenvalue weighted by Crippen LogP contribution is -2.58. The highest BCUT2D eigenvalue weighted by atomic mass is 16.2. The molecule has 6 heteroatoms. The Kier molecular flexibility index (Phi) is 4.17. The summed E-state index contributed by atoms with van der Waals surface area (Å²) in [5.74, 6) is -0.165. The average molecular weight is 294 g/mol. The molecule has 3 rings (SSSR count). The molecule has 0 aromatic heterocycles. The SMILES string of the molecule is CC(C)N1CC2C(=O)NNC2C(C(=O)NC2CCCC2)C1. The lowest BCUT2D eigenvalue weighted by Gasteiger charge is -2.40. The fraction of sp³-hybridized carbons (Fsp3) is 0.867. The molecule has 0 spiro atoms. The normalized spacial score (nSPS) is 34.0. The molecule has 6 nitrogen and oxygen atoms in total. The number of fused-ring (bicyclic) bond motifs is 1. The highest BCUT2D eigenvalue weighted by Gasteiger charge is 2.48. The van der Waals surface area contributed by atoms with Crippen LogP contribution in [0.3, 0.4) is 0 Å². The van der Waals surface area contributed by atoms with Crippen molar-refractivity contribution in [2.24, 2.45) is 11.8 Å². The van der Waals surface area contributed by atoms with Crippen molar-refractivity contribution in [2.75, 3.05) is 13.1 Å². The molecule has 3 N–H and O–H groups in total. The topological polar surface area (TPSA) is 73.5 Å². The van der Waals surface area contributed by atoms with Crippen molar-refractivity contribution in [3.05, 3.63) is 0 Å². The van der Waals surface area contributed by atoms with E-state index in [-0.39, 0.29) is 29.7 Å². The minimum atomic E-state index is -0.161. The number of likely N-dealkylation sites (tertiary alicyclic amines) is 1. The molecule has 118 valence electrons. The van der Waals surface area contributed by atoms with E-state index in [1.807, 2.05) is 0 Å². The first-order valence-electron chi connectivity index (χ1n) is 8.16. The van der Waals surface area contributed by atoms with Crippen molar-refractivity contribution in [1.82, 2.24) is 21.1 Å². The van der Waals surface area contributed by atoms with Gasteiger partial charge in [0.05, 0.1) is 17.9 Å². The third-order valence-electron chi connectivity index (χ3n) is 5.20. The van der Waals surface area contributed by atoms with Crippen LogP contribution < -0.4 is 16.2 Å². The first-order chi connectivity index (χ1) is 10.1. The van der Waals surface area contributed by atoms with E-state index in [0.29, 0.717) is 12.1 Å². The van der Waals surface area contributed by atoms with E-state index < -0.39 is 0 Å². The van der Waals surface area contributed by atoms with Gasteiger partial charge in [-0.3, -0.25) is 19.9 Å². The molecule has 0 aromatic rings. The molecule has 3 fully saturated rings. The largest absolute Gasteiger partial charge is 0.353 e. The zero-order valence-corrected chi connectivity index (χ0v) is 12.9. The van der Waals surface area contributed by atoms with E-state index in [1.165, 1.54) is 12.8 Å². The van der Waals surface area contributed by atoms with Gasteiger partial charge in [0.15, 0.2) is 0 Å². The van der Waals surface area contributed by atoms with Gasteiger partial charge in [-0.2, -0.15) is 0 Å². The first-order valence-corrected chi connectivity index (χ1v) is 8.16. The van der Waals surface area contributed by atoms with Crippen LogP contribution in [0.1, 0.15) is 39.5 Å². The van der Waals surface area contributed by atoms with Gasteiger partial charge in [-0.1, -0.05) is 12.8 Å². The summed E-state index contributed by atoms with van der Waals surface area (Å²) in [6, 6.07) is 0.602. The van der Waals surface area contributed by atoms with Crippen molar-refractivity contribution in [3.63, 3.8) is 0 Å². The quantitative estimate of drug-likeness (QED) is 0.685. The third-order valence-corrected chi connectivity index (χ3v) is 5.20. The summed E-state index contributed by atoms with van der Waals surface area (Å²) in [5, 5.41) is 3.19. The number of piperidine rings is 1. The number of hydrogen-bond acceptors (Lipinski definition) is 4. The Balaban J connectivity index is 1.71. The number of hydrogen-bond donors (Lipinski definition) is 3. The van der Waals surface area contributed by atoms with Crippen LogP contribution in [0.4, 0.5) is 0 Å². The lowest BCUT2D eigenvalue weighted by atomic mass is 9.83. The van der Waals surface area contributed by atoms with E-state index >= 15 is 0 Å². The summed E-state index contributed by atoms with van der Waals surface area (Å²) in [4.78, 5) is 26.9. The summed E-state index contributed by atoms with van der Waals surface area (Å²) in [5.41, 5.74) is 5.74. The van der Waals surface area contributed by atoms with Crippen LogP contribution in [0.5, 0.6) is 0 Å². The van der Waals surface area contributed by atoms with E-state index in [0.717, 1.165) is 25.9 Å². The van der Waals surface area contributed by atoms with Crippen molar-refractivity contribution in [3.8, 4) is 0 Å². The van der Waals surface area contributed by atoms with E-state index in [9.17, 15) is 9.59 Å². The molecule has 0 bridgehead atoms. The molecular weight excluding hydrogens is 268 g/mol. The molecule has 3 aliphatic rings. The zero-order valence-electron chi connectivity index (χ0n) is 12.9. The van der Waals surface area contributed by atoms with Crippen LogP contribution in [0, 0.1) is 11.8 Å². The van der Waals surface area contributed by atoms with E-state index in [1.54, 1.807) is 0 Å². The van der Waals surface area contributed by atoms with Gasteiger partial charge >= 0.3 is 0 Å². The minimum absolute atomic E-state index is 0.0176. The predicted molar refractivity (Wildman–Crippen MR) is 79.2 cm³/mol. The minimum Gasteiger partial charge on any atom is -0.353 e. The van der Waals surface area contributed by atoms with Crippen molar-refractivity contribution >= 4 is 11.8 Å². The molecule has 2 aliphatic heterocycles. The Labute approximate surface area is 126 Å². The number of amides is 2. The van der Waals surface area contributed by atoms with E-state index in [2.05, 4.69) is 34.9 Å². The molecule has 2 amide bonds. The summed E-state index contributed by atoms with van der Waals surface area (Å²) >= 11 is 0. The van der Waals surface area contributed by atoms with Crippen LogP contribution in [0.25, 0.3) is 0 Å². The maximum atomic E-state index is 12.7. The van der Waals surface area contributed by atoms with Gasteiger partial charge in [-0.25, -0.2) is 5.43 Å². The summed E-state index contributed by atoms with van der Waals surface area (Å²) in [6.45, 7) is 5.69. The second-order valence-electron chi connectivity index (χ2n) is 6.91.